The summed E-state index contributed by atoms with van der Waals surface area (Å²) in [4.78, 5) is 2.00. The van der Waals surface area contributed by atoms with Crippen LogP contribution in [0.3, 0.4) is 0 Å². The minimum atomic E-state index is 1.25. The van der Waals surface area contributed by atoms with Crippen LogP contribution in [0.5, 0.6) is 0 Å². The zero-order valence-corrected chi connectivity index (χ0v) is 15.6. The maximum absolute atomic E-state index is 2.20. The molecule has 0 aliphatic carbocycles. The molecule has 0 heterocycles. The molecule has 3 aromatic carbocycles. The van der Waals surface area contributed by atoms with Crippen LogP contribution in [0, 0.1) is 0 Å². The van der Waals surface area contributed by atoms with Gasteiger partial charge in [0.15, 0.2) is 0 Å². The topological polar surface area (TPSA) is 3.24 Å². The zero-order chi connectivity index (χ0) is 18.1. The van der Waals surface area contributed by atoms with Crippen LogP contribution in [0.15, 0.2) is 91.0 Å². The average molecular weight is 327 g/mol. The van der Waals surface area contributed by atoms with E-state index in [2.05, 4.69) is 98.8 Å². The van der Waals surface area contributed by atoms with E-state index in [9.17, 15) is 0 Å². The summed E-state index contributed by atoms with van der Waals surface area (Å²) < 4.78 is 0. The molecule has 3 rings (SSSR count). The Labute approximate surface area is 153 Å². The third-order valence-electron chi connectivity index (χ3n) is 3.71. The summed E-state index contributed by atoms with van der Waals surface area (Å²) in [7, 11) is 8.20. The minimum Gasteiger partial charge on any atom is -0.312 e. The maximum Gasteiger partial charge on any atom is 0.140 e. The fourth-order valence-corrected chi connectivity index (χ4v) is 2.64. The van der Waals surface area contributed by atoms with Crippen molar-refractivity contribution in [3.63, 3.8) is 0 Å². The van der Waals surface area contributed by atoms with E-state index in [-0.39, 0.29) is 0 Å². The van der Waals surface area contributed by atoms with Gasteiger partial charge in [-0.1, -0.05) is 96.5 Å². The van der Waals surface area contributed by atoms with Gasteiger partial charge < -0.3 is 4.90 Å². The lowest BCUT2D eigenvalue weighted by Gasteiger charge is -2.14. The van der Waals surface area contributed by atoms with Gasteiger partial charge in [0.05, 0.1) is 0 Å². The van der Waals surface area contributed by atoms with Gasteiger partial charge in [0.1, 0.15) is 7.85 Å². The maximum atomic E-state index is 2.20. The molecule has 3 aromatic rings. The van der Waals surface area contributed by atoms with E-state index in [4.69, 9.17) is 0 Å². The first-order valence-electron chi connectivity index (χ1n) is 8.57. The molecule has 1 nitrogen and oxygen atoms in total. The highest BCUT2D eigenvalue weighted by atomic mass is 15.0. The Morgan fingerprint density at radius 1 is 0.560 bits per heavy atom. The van der Waals surface area contributed by atoms with Crippen molar-refractivity contribution in [3.05, 3.63) is 108 Å². The fourth-order valence-electron chi connectivity index (χ4n) is 2.64. The lowest BCUT2D eigenvalue weighted by Crippen LogP contribution is -1.99. The van der Waals surface area contributed by atoms with Gasteiger partial charge in [0.25, 0.3) is 0 Å². The molecule has 0 fully saturated rings. The molecule has 0 aliphatic rings. The largest absolute Gasteiger partial charge is 0.312 e. The molecule has 0 saturated heterocycles. The highest BCUT2D eigenvalue weighted by molar-refractivity contribution is 6.47. The Hall–Kier alpha value is -2.58. The quantitative estimate of drug-likeness (QED) is 0.509. The van der Waals surface area contributed by atoms with E-state index in [1.807, 2.05) is 26.0 Å². The van der Waals surface area contributed by atoms with Gasteiger partial charge in [-0.3, -0.25) is 0 Å². The molecular formula is C23H26BN. The lowest BCUT2D eigenvalue weighted by atomic mass is 9.79. The van der Waals surface area contributed by atoms with Crippen LogP contribution in [-0.4, -0.2) is 33.9 Å². The average Bonchev–Trinajstić information content (AvgIpc) is 2.64. The van der Waals surface area contributed by atoms with Crippen LogP contribution >= 0.6 is 0 Å². The Kier molecular flexibility index (Phi) is 7.25. The summed E-state index contributed by atoms with van der Waals surface area (Å²) >= 11 is 0. The first kappa shape index (κ1) is 18.8. The second-order valence-corrected chi connectivity index (χ2v) is 6.44. The van der Waals surface area contributed by atoms with Crippen LogP contribution in [0.4, 0.5) is 0 Å². The van der Waals surface area contributed by atoms with Gasteiger partial charge in [0.2, 0.25) is 0 Å². The lowest BCUT2D eigenvalue weighted by molar-refractivity contribution is 0.505. The van der Waals surface area contributed by atoms with Crippen molar-refractivity contribution < 1.29 is 0 Å². The molecule has 0 atom stereocenters. The Morgan fingerprint density at radius 2 is 0.840 bits per heavy atom. The molecule has 0 amide bonds. The van der Waals surface area contributed by atoms with Gasteiger partial charge in [-0.15, -0.1) is 0 Å². The number of rotatable bonds is 3. The SMILES string of the molecule is BC(=C(c1ccccc1)c1ccccc1)c1ccccc1.CN(C)C. The molecule has 0 unspecified atom stereocenters. The Bertz CT molecular complexity index is 734. The van der Waals surface area contributed by atoms with Crippen molar-refractivity contribution in [2.24, 2.45) is 0 Å². The Morgan fingerprint density at radius 3 is 1.16 bits per heavy atom. The number of nitrogens with zero attached hydrogens (tertiary/aromatic N) is 1. The predicted octanol–water partition coefficient (Wildman–Crippen LogP) is 4.41. The zero-order valence-electron chi connectivity index (χ0n) is 15.6. The highest BCUT2D eigenvalue weighted by Crippen LogP contribution is 2.30. The predicted molar refractivity (Wildman–Crippen MR) is 113 cm³/mol. The molecule has 0 bridgehead atoms. The van der Waals surface area contributed by atoms with Crippen LogP contribution in [0.2, 0.25) is 0 Å². The molecule has 0 aliphatic heterocycles. The monoisotopic (exact) mass is 327 g/mol. The molecule has 0 radical (unpaired) electrons. The molecule has 2 heteroatoms. The molecule has 25 heavy (non-hydrogen) atoms. The molecule has 0 spiro atoms. The van der Waals surface area contributed by atoms with E-state index in [1.165, 1.54) is 27.7 Å². The van der Waals surface area contributed by atoms with Crippen molar-refractivity contribution in [1.29, 1.82) is 0 Å². The molecule has 126 valence electrons. The first-order valence-corrected chi connectivity index (χ1v) is 8.57. The minimum absolute atomic E-state index is 1.25. The number of hydrogen-bond donors (Lipinski definition) is 0. The standard InChI is InChI=1S/C20H17B.C3H9N/c21-20(18-14-8-3-9-15-18)19(16-10-4-1-5-11-16)17-12-6-2-7-13-17;1-4(2)3/h1-15H,21H2;1-3H3. The van der Waals surface area contributed by atoms with Gasteiger partial charge in [-0.2, -0.15) is 0 Å². The third-order valence-corrected chi connectivity index (χ3v) is 3.71. The molecule has 0 N–H and O–H groups in total. The summed E-state index contributed by atoms with van der Waals surface area (Å²) in [5.41, 5.74) is 6.37. The van der Waals surface area contributed by atoms with Gasteiger partial charge in [-0.25, -0.2) is 0 Å². The fraction of sp³-hybridized carbons (Fsp3) is 0.130. The number of hydrogen-bond acceptors (Lipinski definition) is 1. The third kappa shape index (κ3) is 5.77. The molecule has 0 saturated carbocycles. The van der Waals surface area contributed by atoms with Crippen LogP contribution in [0.25, 0.3) is 11.0 Å². The van der Waals surface area contributed by atoms with Crippen molar-refractivity contribution in [1.82, 2.24) is 4.90 Å². The van der Waals surface area contributed by atoms with Crippen molar-refractivity contribution in [3.8, 4) is 0 Å². The van der Waals surface area contributed by atoms with E-state index in [1.54, 1.807) is 0 Å². The first-order chi connectivity index (χ1) is 12.1. The second kappa shape index (κ2) is 9.66. The van der Waals surface area contributed by atoms with Gasteiger partial charge in [-0.05, 0) is 43.4 Å². The molecule has 0 aromatic heterocycles. The van der Waals surface area contributed by atoms with Crippen LogP contribution in [-0.2, 0) is 0 Å². The van der Waals surface area contributed by atoms with Crippen molar-refractivity contribution >= 4 is 18.9 Å². The van der Waals surface area contributed by atoms with Crippen molar-refractivity contribution in [2.75, 3.05) is 21.1 Å². The number of benzene rings is 3. The smallest absolute Gasteiger partial charge is 0.140 e. The van der Waals surface area contributed by atoms with Crippen molar-refractivity contribution in [2.45, 2.75) is 0 Å². The van der Waals surface area contributed by atoms with E-state index in [0.717, 1.165) is 0 Å². The summed E-state index contributed by atoms with van der Waals surface area (Å²) in [6, 6.07) is 31.8. The normalized spacial score (nSPS) is 9.92. The Balaban J connectivity index is 0.000000511. The van der Waals surface area contributed by atoms with Crippen LogP contribution < -0.4 is 0 Å². The summed E-state index contributed by atoms with van der Waals surface area (Å²) in [6.07, 6.45) is 0. The second-order valence-electron chi connectivity index (χ2n) is 6.44. The van der Waals surface area contributed by atoms with E-state index >= 15 is 0 Å². The van der Waals surface area contributed by atoms with Gasteiger partial charge in [0, 0.05) is 0 Å². The summed E-state index contributed by atoms with van der Waals surface area (Å²) in [5, 5.41) is 0. The van der Waals surface area contributed by atoms with Gasteiger partial charge >= 0.3 is 0 Å². The molecular weight excluding hydrogens is 301 g/mol. The highest BCUT2D eigenvalue weighted by Gasteiger charge is 2.09. The summed E-state index contributed by atoms with van der Waals surface area (Å²) in [5.74, 6) is 0. The summed E-state index contributed by atoms with van der Waals surface area (Å²) in [6.45, 7) is 0. The van der Waals surface area contributed by atoms with E-state index < -0.39 is 0 Å². The van der Waals surface area contributed by atoms with E-state index in [0.29, 0.717) is 0 Å². The van der Waals surface area contributed by atoms with Crippen LogP contribution in [0.1, 0.15) is 16.7 Å².